The van der Waals surface area contributed by atoms with Crippen LogP contribution in [0.25, 0.3) is 5.53 Å². The Bertz CT molecular complexity index is 69.0. The molecule has 0 saturated heterocycles. The SMILES string of the molecule is [N-]=[N+]=CC=N. The molecule has 0 spiro atoms. The fourth-order valence-corrected chi connectivity index (χ4v) is 0.0333. The molecule has 0 saturated carbocycles. The molecule has 0 aromatic rings. The molecule has 0 aliphatic heterocycles. The summed E-state index contributed by atoms with van der Waals surface area (Å²) in [6, 6.07) is 0. The molecule has 0 heterocycles. The molecule has 0 amide bonds. The van der Waals surface area contributed by atoms with Gasteiger partial charge >= 0.3 is 0 Å². The Morgan fingerprint density at radius 1 is 1.80 bits per heavy atom. The first-order valence-corrected chi connectivity index (χ1v) is 1.08. The lowest BCUT2D eigenvalue weighted by molar-refractivity contribution is 0.00691. The van der Waals surface area contributed by atoms with Gasteiger partial charge in [0.25, 0.3) is 6.21 Å². The van der Waals surface area contributed by atoms with Gasteiger partial charge in [-0.15, -0.1) is 0 Å². The molecule has 0 fully saturated rings. The fourth-order valence-electron chi connectivity index (χ4n) is 0.0333. The van der Waals surface area contributed by atoms with Gasteiger partial charge in [0, 0.05) is 0 Å². The molecular weight excluding hydrogens is 66.0 g/mol. The maximum atomic E-state index is 7.48. The molecule has 0 aromatic carbocycles. The third-order valence-electron chi connectivity index (χ3n) is 0.141. The van der Waals surface area contributed by atoms with Crippen molar-refractivity contribution in [3.05, 3.63) is 5.53 Å². The van der Waals surface area contributed by atoms with Crippen molar-refractivity contribution in [3.8, 4) is 0 Å². The van der Waals surface area contributed by atoms with Crippen molar-refractivity contribution in [2.45, 2.75) is 0 Å². The zero-order valence-corrected chi connectivity index (χ0v) is 2.55. The molecular formula is C2H3N3. The van der Waals surface area contributed by atoms with E-state index in [0.29, 0.717) is 0 Å². The Morgan fingerprint density at radius 3 is 2.40 bits per heavy atom. The fraction of sp³-hybridized carbons (Fsp3) is 0. The largest absolute Gasteiger partial charge is 0.361 e. The van der Waals surface area contributed by atoms with E-state index in [2.05, 4.69) is 4.79 Å². The van der Waals surface area contributed by atoms with E-state index in [-0.39, 0.29) is 0 Å². The van der Waals surface area contributed by atoms with Gasteiger partial charge in [-0.25, -0.2) is 0 Å². The van der Waals surface area contributed by atoms with E-state index >= 15 is 0 Å². The number of rotatable bonds is 1. The number of nitrogens with zero attached hydrogens (tertiary/aromatic N) is 2. The van der Waals surface area contributed by atoms with Gasteiger partial charge in [0.15, 0.2) is 0 Å². The Kier molecular flexibility index (Phi) is 2.47. The molecule has 3 nitrogen and oxygen atoms in total. The second-order valence-corrected chi connectivity index (χ2v) is 0.431. The molecule has 0 rings (SSSR count). The molecule has 0 aliphatic carbocycles. The third kappa shape index (κ3) is 3.05. The van der Waals surface area contributed by atoms with Crippen molar-refractivity contribution < 1.29 is 4.79 Å². The summed E-state index contributed by atoms with van der Waals surface area (Å²) in [5.41, 5.74) is 7.48. The van der Waals surface area contributed by atoms with E-state index in [4.69, 9.17) is 10.9 Å². The minimum Gasteiger partial charge on any atom is -0.361 e. The van der Waals surface area contributed by atoms with Crippen molar-refractivity contribution in [1.82, 2.24) is 0 Å². The quantitative estimate of drug-likeness (QED) is 0.254. The van der Waals surface area contributed by atoms with Gasteiger partial charge in [-0.1, -0.05) is 0 Å². The first kappa shape index (κ1) is 4.05. The van der Waals surface area contributed by atoms with Crippen molar-refractivity contribution in [2.24, 2.45) is 0 Å². The van der Waals surface area contributed by atoms with Crippen LogP contribution < -0.4 is 0 Å². The summed E-state index contributed by atoms with van der Waals surface area (Å²) in [6.07, 6.45) is 1.86. The number of hydrogen-bond donors (Lipinski definition) is 1. The average molecular weight is 69.1 g/mol. The molecule has 0 atom stereocenters. The molecule has 3 heteroatoms. The van der Waals surface area contributed by atoms with Gasteiger partial charge in [-0.05, 0) is 0 Å². The van der Waals surface area contributed by atoms with E-state index in [1.165, 1.54) is 0 Å². The van der Waals surface area contributed by atoms with Crippen LogP contribution in [-0.2, 0) is 0 Å². The second-order valence-electron chi connectivity index (χ2n) is 0.431. The van der Waals surface area contributed by atoms with E-state index in [1.807, 2.05) is 0 Å². The lowest BCUT2D eigenvalue weighted by atomic mass is 10.8. The summed E-state index contributed by atoms with van der Waals surface area (Å²) in [6.45, 7) is 0. The van der Waals surface area contributed by atoms with Crippen molar-refractivity contribution in [1.29, 1.82) is 5.41 Å². The van der Waals surface area contributed by atoms with E-state index < -0.39 is 0 Å². The van der Waals surface area contributed by atoms with Crippen LogP contribution in [0.2, 0.25) is 0 Å². The molecule has 0 unspecified atom stereocenters. The van der Waals surface area contributed by atoms with E-state index in [0.717, 1.165) is 12.4 Å². The minimum atomic E-state index is 0.889. The normalized spacial score (nSPS) is 4.80. The summed E-state index contributed by atoms with van der Waals surface area (Å²) in [4.78, 5) is 2.49. The zero-order chi connectivity index (χ0) is 4.12. The predicted octanol–water partition coefficient (Wildman–Crippen LogP) is -0.0634. The summed E-state index contributed by atoms with van der Waals surface area (Å²) >= 11 is 0. The van der Waals surface area contributed by atoms with Gasteiger partial charge in [0.05, 0.1) is 6.21 Å². The zero-order valence-electron chi connectivity index (χ0n) is 2.55. The third-order valence-corrected chi connectivity index (χ3v) is 0.141. The highest BCUT2D eigenvalue weighted by atomic mass is 14.8. The van der Waals surface area contributed by atoms with Crippen LogP contribution >= 0.6 is 0 Å². The maximum Gasteiger partial charge on any atom is 0.297 e. The molecule has 5 heavy (non-hydrogen) atoms. The summed E-state index contributed by atoms with van der Waals surface area (Å²) in [5.74, 6) is 0. The van der Waals surface area contributed by atoms with Crippen LogP contribution in [-0.4, -0.2) is 17.2 Å². The van der Waals surface area contributed by atoms with Crippen molar-refractivity contribution in [3.63, 3.8) is 0 Å². The first-order chi connectivity index (χ1) is 2.41. The Hall–Kier alpha value is -0.950. The highest BCUT2D eigenvalue weighted by Crippen LogP contribution is 1.20. The van der Waals surface area contributed by atoms with Gasteiger partial charge < -0.3 is 10.9 Å². The summed E-state index contributed by atoms with van der Waals surface area (Å²) in [7, 11) is 0. The summed E-state index contributed by atoms with van der Waals surface area (Å²) in [5, 5.41) is 6.17. The maximum absolute atomic E-state index is 7.48. The molecule has 1 N–H and O–H groups in total. The van der Waals surface area contributed by atoms with E-state index in [9.17, 15) is 0 Å². The van der Waals surface area contributed by atoms with Gasteiger partial charge in [0.2, 0.25) is 0 Å². The smallest absolute Gasteiger partial charge is 0.297 e. The number of hydrogen-bond acceptors (Lipinski definition) is 1. The van der Waals surface area contributed by atoms with Crippen LogP contribution in [0.15, 0.2) is 0 Å². The lowest BCUT2D eigenvalue weighted by Gasteiger charge is -1.38. The van der Waals surface area contributed by atoms with Crippen molar-refractivity contribution in [2.75, 3.05) is 0 Å². The molecule has 0 radical (unpaired) electrons. The van der Waals surface area contributed by atoms with Crippen LogP contribution in [0, 0.1) is 5.41 Å². The first-order valence-electron chi connectivity index (χ1n) is 1.08. The minimum absolute atomic E-state index is 0.889. The standard InChI is InChI=1S/C2H3N3/c3-1-2-5-4/h1-3H. The Labute approximate surface area is 29.4 Å². The summed E-state index contributed by atoms with van der Waals surface area (Å²) < 4.78 is 0. The Morgan fingerprint density at radius 2 is 2.40 bits per heavy atom. The topological polar surface area (TPSA) is 60.3 Å². The number of nitrogens with one attached hydrogen (secondary N) is 1. The van der Waals surface area contributed by atoms with Crippen molar-refractivity contribution >= 4 is 12.4 Å². The van der Waals surface area contributed by atoms with Crippen LogP contribution in [0.5, 0.6) is 0 Å². The second kappa shape index (κ2) is 3.05. The van der Waals surface area contributed by atoms with Gasteiger partial charge in [-0.3, -0.25) is 0 Å². The molecule has 0 bridgehead atoms. The predicted molar refractivity (Wildman–Crippen MR) is 18.5 cm³/mol. The van der Waals surface area contributed by atoms with Crippen LogP contribution in [0.4, 0.5) is 0 Å². The highest BCUT2D eigenvalue weighted by Gasteiger charge is 1.52. The monoisotopic (exact) mass is 69.0 g/mol. The highest BCUT2D eigenvalue weighted by molar-refractivity contribution is 6.11. The van der Waals surface area contributed by atoms with Crippen LogP contribution in [0.1, 0.15) is 0 Å². The van der Waals surface area contributed by atoms with Crippen LogP contribution in [0.3, 0.4) is 0 Å². The molecule has 0 aromatic heterocycles. The lowest BCUT2D eigenvalue weighted by Crippen LogP contribution is -1.66. The van der Waals surface area contributed by atoms with Gasteiger partial charge in [0.1, 0.15) is 0 Å². The molecule has 26 valence electrons. The van der Waals surface area contributed by atoms with E-state index in [1.54, 1.807) is 0 Å². The van der Waals surface area contributed by atoms with Gasteiger partial charge in [-0.2, -0.15) is 4.79 Å². The molecule has 0 aliphatic rings. The Balaban J connectivity index is 3.31. The average Bonchev–Trinajstić information content (AvgIpc) is 1.41.